The molecule has 6 nitrogen and oxygen atoms in total. The number of anilines is 2. The monoisotopic (exact) mass is 306 g/mol. The minimum Gasteiger partial charge on any atom is -0.333 e. The van der Waals surface area contributed by atoms with Gasteiger partial charge in [0.05, 0.1) is 12.0 Å². The molecule has 0 bridgehead atoms. The first-order valence-electron chi connectivity index (χ1n) is 7.74. The number of nitrogens with one attached hydrogen (secondary N) is 2. The zero-order valence-electron chi connectivity index (χ0n) is 12.7. The van der Waals surface area contributed by atoms with Crippen LogP contribution >= 0.6 is 0 Å². The molecular formula is C17H18N6. The Labute approximate surface area is 134 Å². The normalized spacial score (nSPS) is 13.6. The second-order valence-electron chi connectivity index (χ2n) is 5.65. The van der Waals surface area contributed by atoms with Crippen molar-refractivity contribution < 1.29 is 0 Å². The molecule has 6 heteroatoms. The van der Waals surface area contributed by atoms with E-state index in [4.69, 9.17) is 0 Å². The van der Waals surface area contributed by atoms with E-state index in [1.165, 1.54) is 11.1 Å². The van der Waals surface area contributed by atoms with Gasteiger partial charge in [-0.1, -0.05) is 12.1 Å². The van der Waals surface area contributed by atoms with Crippen molar-refractivity contribution in [1.29, 1.82) is 0 Å². The molecule has 2 N–H and O–H groups in total. The van der Waals surface area contributed by atoms with Crippen molar-refractivity contribution in [3.63, 3.8) is 0 Å². The Morgan fingerprint density at radius 3 is 3.22 bits per heavy atom. The molecule has 1 aliphatic rings. The van der Waals surface area contributed by atoms with Gasteiger partial charge in [0, 0.05) is 37.4 Å². The highest BCUT2D eigenvalue weighted by molar-refractivity contribution is 5.54. The first-order chi connectivity index (χ1) is 11.4. The highest BCUT2D eigenvalue weighted by Gasteiger charge is 2.11. The van der Waals surface area contributed by atoms with Gasteiger partial charge in [0.1, 0.15) is 0 Å². The second kappa shape index (κ2) is 6.18. The third kappa shape index (κ3) is 3.22. The van der Waals surface area contributed by atoms with E-state index in [1.54, 1.807) is 6.20 Å². The number of benzene rings is 1. The number of rotatable bonds is 4. The number of imidazole rings is 1. The summed E-state index contributed by atoms with van der Waals surface area (Å²) in [5, 5.41) is 6.64. The molecule has 0 unspecified atom stereocenters. The van der Waals surface area contributed by atoms with Crippen LogP contribution in [0.5, 0.6) is 0 Å². The standard InChI is InChI=1S/C17H18N6/c1-2-13(11-23-7-6-19-12-23)8-15(3-1)21-17-20-9-14-4-5-18-10-16(14)22-17/h1-3,6-9,12,18H,4-5,10-11H2,(H,20,21,22). The van der Waals surface area contributed by atoms with Crippen molar-refractivity contribution in [1.82, 2.24) is 24.8 Å². The first kappa shape index (κ1) is 13.9. The Hall–Kier alpha value is -2.73. The molecule has 116 valence electrons. The first-order valence-corrected chi connectivity index (χ1v) is 7.74. The summed E-state index contributed by atoms with van der Waals surface area (Å²) in [6.07, 6.45) is 8.49. The molecule has 3 aromatic rings. The van der Waals surface area contributed by atoms with Gasteiger partial charge in [-0.05, 0) is 36.2 Å². The van der Waals surface area contributed by atoms with Gasteiger partial charge in [0.15, 0.2) is 0 Å². The van der Waals surface area contributed by atoms with Crippen molar-refractivity contribution in [2.75, 3.05) is 11.9 Å². The molecule has 0 amide bonds. The average Bonchev–Trinajstić information content (AvgIpc) is 3.08. The van der Waals surface area contributed by atoms with Crippen molar-refractivity contribution in [2.24, 2.45) is 0 Å². The summed E-state index contributed by atoms with van der Waals surface area (Å²) in [6.45, 7) is 2.61. The largest absolute Gasteiger partial charge is 0.333 e. The molecule has 0 fully saturated rings. The average molecular weight is 306 g/mol. The third-order valence-electron chi connectivity index (χ3n) is 3.93. The summed E-state index contributed by atoms with van der Waals surface area (Å²) < 4.78 is 2.04. The molecule has 2 aromatic heterocycles. The third-order valence-corrected chi connectivity index (χ3v) is 3.93. The second-order valence-corrected chi connectivity index (χ2v) is 5.65. The predicted molar refractivity (Wildman–Crippen MR) is 88.5 cm³/mol. The number of aromatic nitrogens is 4. The molecule has 0 saturated heterocycles. The molecule has 1 aromatic carbocycles. The van der Waals surface area contributed by atoms with E-state index in [9.17, 15) is 0 Å². The Balaban J connectivity index is 1.52. The fourth-order valence-corrected chi connectivity index (χ4v) is 2.76. The Morgan fingerprint density at radius 1 is 1.30 bits per heavy atom. The van der Waals surface area contributed by atoms with Crippen LogP contribution in [0.25, 0.3) is 0 Å². The van der Waals surface area contributed by atoms with E-state index in [0.29, 0.717) is 5.95 Å². The summed E-state index contributed by atoms with van der Waals surface area (Å²) in [7, 11) is 0. The van der Waals surface area contributed by atoms with E-state index in [-0.39, 0.29) is 0 Å². The van der Waals surface area contributed by atoms with E-state index in [2.05, 4.69) is 37.7 Å². The number of fused-ring (bicyclic) bond motifs is 1. The predicted octanol–water partition coefficient (Wildman–Crippen LogP) is 2.11. The van der Waals surface area contributed by atoms with Crippen LogP contribution < -0.4 is 10.6 Å². The van der Waals surface area contributed by atoms with Crippen molar-refractivity contribution in [3.05, 3.63) is 66.0 Å². The van der Waals surface area contributed by atoms with Gasteiger partial charge in [-0.2, -0.15) is 0 Å². The van der Waals surface area contributed by atoms with Crippen LogP contribution in [0, 0.1) is 0 Å². The summed E-state index contributed by atoms with van der Waals surface area (Å²) in [5.41, 5.74) is 4.52. The lowest BCUT2D eigenvalue weighted by atomic mass is 10.1. The molecule has 0 saturated carbocycles. The van der Waals surface area contributed by atoms with E-state index in [0.717, 1.165) is 37.4 Å². The van der Waals surface area contributed by atoms with E-state index >= 15 is 0 Å². The molecule has 0 radical (unpaired) electrons. The number of hydrogen-bond donors (Lipinski definition) is 2. The summed E-state index contributed by atoms with van der Waals surface area (Å²) in [4.78, 5) is 13.1. The highest BCUT2D eigenvalue weighted by atomic mass is 15.1. The van der Waals surface area contributed by atoms with Crippen LogP contribution in [-0.4, -0.2) is 26.1 Å². The van der Waals surface area contributed by atoms with Gasteiger partial charge in [0.25, 0.3) is 0 Å². The van der Waals surface area contributed by atoms with Crippen LogP contribution in [0.1, 0.15) is 16.8 Å². The van der Waals surface area contributed by atoms with Crippen LogP contribution in [0.3, 0.4) is 0 Å². The maximum absolute atomic E-state index is 4.61. The van der Waals surface area contributed by atoms with Crippen molar-refractivity contribution in [2.45, 2.75) is 19.5 Å². The van der Waals surface area contributed by atoms with Crippen LogP contribution in [-0.2, 0) is 19.5 Å². The minimum absolute atomic E-state index is 0.646. The quantitative estimate of drug-likeness (QED) is 0.773. The van der Waals surface area contributed by atoms with Gasteiger partial charge in [0.2, 0.25) is 5.95 Å². The molecule has 3 heterocycles. The van der Waals surface area contributed by atoms with Gasteiger partial charge in [-0.3, -0.25) is 0 Å². The van der Waals surface area contributed by atoms with Crippen molar-refractivity contribution >= 4 is 11.6 Å². The fourth-order valence-electron chi connectivity index (χ4n) is 2.76. The molecule has 0 aliphatic carbocycles. The fraction of sp³-hybridized carbons (Fsp3) is 0.235. The number of nitrogens with zero attached hydrogens (tertiary/aromatic N) is 4. The summed E-state index contributed by atoms with van der Waals surface area (Å²) in [6, 6.07) is 8.27. The van der Waals surface area contributed by atoms with E-state index < -0.39 is 0 Å². The summed E-state index contributed by atoms with van der Waals surface area (Å²) >= 11 is 0. The van der Waals surface area contributed by atoms with Crippen LogP contribution in [0.15, 0.2) is 49.2 Å². The maximum Gasteiger partial charge on any atom is 0.227 e. The van der Waals surface area contributed by atoms with Crippen LogP contribution in [0.4, 0.5) is 11.6 Å². The zero-order chi connectivity index (χ0) is 15.5. The topological polar surface area (TPSA) is 67.7 Å². The Morgan fingerprint density at radius 2 is 2.30 bits per heavy atom. The van der Waals surface area contributed by atoms with E-state index in [1.807, 2.05) is 35.4 Å². The SMILES string of the molecule is c1cc(Cn2ccnc2)cc(Nc2ncc3c(n2)CNCC3)c1. The molecular weight excluding hydrogens is 288 g/mol. The van der Waals surface area contributed by atoms with Gasteiger partial charge >= 0.3 is 0 Å². The van der Waals surface area contributed by atoms with Crippen molar-refractivity contribution in [3.8, 4) is 0 Å². The Kier molecular flexibility index (Phi) is 3.73. The maximum atomic E-state index is 4.61. The lowest BCUT2D eigenvalue weighted by Crippen LogP contribution is -2.25. The molecule has 1 aliphatic heterocycles. The lowest BCUT2D eigenvalue weighted by Gasteiger charge is -2.16. The Bertz CT molecular complexity index is 797. The number of hydrogen-bond acceptors (Lipinski definition) is 5. The van der Waals surface area contributed by atoms with Gasteiger partial charge in [-0.15, -0.1) is 0 Å². The smallest absolute Gasteiger partial charge is 0.227 e. The zero-order valence-corrected chi connectivity index (χ0v) is 12.7. The molecule has 23 heavy (non-hydrogen) atoms. The lowest BCUT2D eigenvalue weighted by molar-refractivity contribution is 0.624. The van der Waals surface area contributed by atoms with Gasteiger partial charge in [-0.25, -0.2) is 15.0 Å². The molecule has 4 rings (SSSR count). The molecule has 0 atom stereocenters. The molecule has 0 spiro atoms. The van der Waals surface area contributed by atoms with Gasteiger partial charge < -0.3 is 15.2 Å². The summed E-state index contributed by atoms with van der Waals surface area (Å²) in [5.74, 6) is 0.646. The minimum atomic E-state index is 0.646. The van der Waals surface area contributed by atoms with Crippen LogP contribution in [0.2, 0.25) is 0 Å². The highest BCUT2D eigenvalue weighted by Crippen LogP contribution is 2.18.